The molecule has 1 fully saturated rings. The summed E-state index contributed by atoms with van der Waals surface area (Å²) in [6, 6.07) is 9.09. The third-order valence-electron chi connectivity index (χ3n) is 4.03. The van der Waals surface area contributed by atoms with Crippen LogP contribution in [0, 0.1) is 0 Å². The molecular weight excluding hydrogens is 398 g/mol. The maximum Gasteiger partial charge on any atom is 0.321 e. The summed E-state index contributed by atoms with van der Waals surface area (Å²) in [5, 5.41) is 13.1. The second kappa shape index (κ2) is 9.16. The summed E-state index contributed by atoms with van der Waals surface area (Å²) in [5.41, 5.74) is 0.944. The van der Waals surface area contributed by atoms with Gasteiger partial charge < -0.3 is 5.32 Å². The van der Waals surface area contributed by atoms with Crippen LogP contribution in [0.15, 0.2) is 34.7 Å². The Morgan fingerprint density at radius 2 is 1.96 bits per heavy atom. The first-order valence-electron chi connectivity index (χ1n) is 8.86. The minimum absolute atomic E-state index is 0.0592. The molecule has 0 spiro atoms. The van der Waals surface area contributed by atoms with Crippen LogP contribution in [0.25, 0.3) is 0 Å². The van der Waals surface area contributed by atoms with Gasteiger partial charge in [0.05, 0.1) is 5.25 Å². The van der Waals surface area contributed by atoms with Crippen molar-refractivity contribution in [1.29, 1.82) is 0 Å². The summed E-state index contributed by atoms with van der Waals surface area (Å²) in [7, 11) is 0. The molecule has 1 atom stereocenters. The summed E-state index contributed by atoms with van der Waals surface area (Å²) in [6.07, 6.45) is 1.94. The molecule has 1 heterocycles. The number of hydrogen-bond donors (Lipinski definition) is 2. The zero-order chi connectivity index (χ0) is 20.1. The lowest BCUT2D eigenvalue weighted by Crippen LogP contribution is -2.42. The Bertz CT molecular complexity index is 854. The fraction of sp³-hybridized carbons (Fsp3) is 0.389. The summed E-state index contributed by atoms with van der Waals surface area (Å²) in [6.45, 7) is 3.54. The number of nitrogens with one attached hydrogen (secondary N) is 2. The van der Waals surface area contributed by atoms with Crippen molar-refractivity contribution in [1.82, 2.24) is 20.8 Å². The summed E-state index contributed by atoms with van der Waals surface area (Å²) in [4.78, 5) is 37.6. The highest BCUT2D eigenvalue weighted by Gasteiger charge is 2.34. The van der Waals surface area contributed by atoms with Gasteiger partial charge in [0.15, 0.2) is 4.34 Å². The molecule has 148 valence electrons. The van der Waals surface area contributed by atoms with E-state index in [-0.39, 0.29) is 11.9 Å². The predicted octanol–water partition coefficient (Wildman–Crippen LogP) is 2.56. The SMILES string of the molecule is CC(=O)N(c1nnc(SC(C)C(=O)NC(=O)NCc2ccccc2)s1)C1CC1. The number of rotatable bonds is 7. The number of benzene rings is 1. The van der Waals surface area contributed by atoms with Gasteiger partial charge in [-0.25, -0.2) is 4.79 Å². The molecule has 1 aromatic heterocycles. The van der Waals surface area contributed by atoms with Crippen LogP contribution < -0.4 is 15.5 Å². The van der Waals surface area contributed by atoms with Crippen molar-refractivity contribution in [2.24, 2.45) is 0 Å². The van der Waals surface area contributed by atoms with E-state index in [9.17, 15) is 14.4 Å². The van der Waals surface area contributed by atoms with Crippen LogP contribution in [0.4, 0.5) is 9.93 Å². The van der Waals surface area contributed by atoms with Gasteiger partial charge in [0.2, 0.25) is 16.9 Å². The van der Waals surface area contributed by atoms with Gasteiger partial charge in [-0.05, 0) is 25.3 Å². The van der Waals surface area contributed by atoms with E-state index in [1.54, 1.807) is 11.8 Å². The molecule has 28 heavy (non-hydrogen) atoms. The highest BCUT2D eigenvalue weighted by molar-refractivity contribution is 8.02. The van der Waals surface area contributed by atoms with Gasteiger partial charge >= 0.3 is 6.03 Å². The third-order valence-corrected chi connectivity index (χ3v) is 6.14. The molecule has 1 aliphatic carbocycles. The summed E-state index contributed by atoms with van der Waals surface area (Å²) < 4.78 is 0.578. The molecule has 3 rings (SSSR count). The number of aromatic nitrogens is 2. The molecule has 8 nitrogen and oxygen atoms in total. The molecule has 1 saturated carbocycles. The van der Waals surface area contributed by atoms with Crippen LogP contribution in [0.1, 0.15) is 32.3 Å². The van der Waals surface area contributed by atoms with Crippen LogP contribution in [0.5, 0.6) is 0 Å². The first kappa shape index (κ1) is 20.3. The number of urea groups is 1. The van der Waals surface area contributed by atoms with Crippen molar-refractivity contribution in [2.45, 2.75) is 48.9 Å². The van der Waals surface area contributed by atoms with E-state index < -0.39 is 17.2 Å². The molecular formula is C18H21N5O3S2. The number of imide groups is 1. The molecule has 1 aromatic carbocycles. The van der Waals surface area contributed by atoms with E-state index in [0.717, 1.165) is 18.4 Å². The zero-order valence-corrected chi connectivity index (χ0v) is 17.2. The highest BCUT2D eigenvalue weighted by Crippen LogP contribution is 2.36. The van der Waals surface area contributed by atoms with E-state index in [1.165, 1.54) is 30.0 Å². The van der Waals surface area contributed by atoms with E-state index in [4.69, 9.17) is 0 Å². The lowest BCUT2D eigenvalue weighted by Gasteiger charge is -2.15. The van der Waals surface area contributed by atoms with Crippen LogP contribution >= 0.6 is 23.1 Å². The molecule has 2 aromatic rings. The number of nitrogens with zero attached hydrogens (tertiary/aromatic N) is 3. The quantitative estimate of drug-likeness (QED) is 0.528. The smallest absolute Gasteiger partial charge is 0.321 e. The Hall–Kier alpha value is -2.46. The Morgan fingerprint density at radius 3 is 2.61 bits per heavy atom. The number of carbonyl (C=O) groups is 3. The number of amides is 4. The number of thioether (sulfide) groups is 1. The van der Waals surface area contributed by atoms with E-state index in [1.807, 2.05) is 30.3 Å². The van der Waals surface area contributed by atoms with Crippen molar-refractivity contribution >= 4 is 46.1 Å². The fourth-order valence-electron chi connectivity index (χ4n) is 2.47. The van der Waals surface area contributed by atoms with Gasteiger partial charge in [-0.2, -0.15) is 0 Å². The van der Waals surface area contributed by atoms with Gasteiger partial charge in [-0.15, -0.1) is 10.2 Å². The second-order valence-electron chi connectivity index (χ2n) is 6.39. The highest BCUT2D eigenvalue weighted by atomic mass is 32.2. The largest absolute Gasteiger partial charge is 0.334 e. The van der Waals surface area contributed by atoms with Crippen LogP contribution in [0.3, 0.4) is 0 Å². The normalized spacial score (nSPS) is 14.2. The molecule has 0 radical (unpaired) electrons. The van der Waals surface area contributed by atoms with E-state index in [2.05, 4.69) is 20.8 Å². The van der Waals surface area contributed by atoms with Crippen LogP contribution in [-0.2, 0) is 16.1 Å². The van der Waals surface area contributed by atoms with Crippen LogP contribution in [0.2, 0.25) is 0 Å². The molecule has 0 saturated heterocycles. The van der Waals surface area contributed by atoms with E-state index in [0.29, 0.717) is 16.0 Å². The molecule has 1 unspecified atom stereocenters. The third kappa shape index (κ3) is 5.52. The first-order valence-corrected chi connectivity index (χ1v) is 10.6. The number of carbonyl (C=O) groups excluding carboxylic acids is 3. The van der Waals surface area contributed by atoms with Gasteiger partial charge in [-0.3, -0.25) is 19.8 Å². The predicted molar refractivity (Wildman–Crippen MR) is 108 cm³/mol. The number of hydrogen-bond acceptors (Lipinski definition) is 7. The van der Waals surface area contributed by atoms with Gasteiger partial charge in [-0.1, -0.05) is 53.4 Å². The minimum atomic E-state index is -0.546. The standard InChI is InChI=1S/C18H21N5O3S2/c1-11(15(25)20-16(26)19-10-13-6-4-3-5-7-13)27-18-22-21-17(28-18)23(12(2)24)14-8-9-14/h3-7,11,14H,8-10H2,1-2H3,(H2,19,20,25,26). The fourth-order valence-corrected chi connectivity index (χ4v) is 4.57. The van der Waals surface area contributed by atoms with Gasteiger partial charge in [0, 0.05) is 19.5 Å². The van der Waals surface area contributed by atoms with E-state index >= 15 is 0 Å². The Morgan fingerprint density at radius 1 is 1.25 bits per heavy atom. The molecule has 0 bridgehead atoms. The molecule has 4 amide bonds. The van der Waals surface area contributed by atoms with Crippen molar-refractivity contribution in [2.75, 3.05) is 4.90 Å². The lowest BCUT2D eigenvalue weighted by molar-refractivity contribution is -0.119. The van der Waals surface area contributed by atoms with Crippen molar-refractivity contribution < 1.29 is 14.4 Å². The van der Waals surface area contributed by atoms with Crippen molar-refractivity contribution in [3.8, 4) is 0 Å². The van der Waals surface area contributed by atoms with Gasteiger partial charge in [0.25, 0.3) is 0 Å². The molecule has 10 heteroatoms. The maximum absolute atomic E-state index is 12.2. The van der Waals surface area contributed by atoms with Crippen LogP contribution in [-0.4, -0.2) is 39.3 Å². The zero-order valence-electron chi connectivity index (χ0n) is 15.5. The summed E-state index contributed by atoms with van der Waals surface area (Å²) >= 11 is 2.48. The average Bonchev–Trinajstić information content (AvgIpc) is 3.39. The maximum atomic E-state index is 12.2. The van der Waals surface area contributed by atoms with Gasteiger partial charge in [0.1, 0.15) is 0 Å². The first-order chi connectivity index (χ1) is 13.4. The summed E-state index contributed by atoms with van der Waals surface area (Å²) in [5.74, 6) is -0.478. The number of anilines is 1. The average molecular weight is 420 g/mol. The Balaban J connectivity index is 1.48. The van der Waals surface area contributed by atoms with Crippen molar-refractivity contribution in [3.63, 3.8) is 0 Å². The Kier molecular flexibility index (Phi) is 6.63. The second-order valence-corrected chi connectivity index (χ2v) is 8.93. The molecule has 0 aliphatic heterocycles. The topological polar surface area (TPSA) is 104 Å². The monoisotopic (exact) mass is 419 g/mol. The molecule has 1 aliphatic rings. The molecule has 2 N–H and O–H groups in total. The minimum Gasteiger partial charge on any atom is -0.334 e. The Labute approximate surface area is 171 Å². The van der Waals surface area contributed by atoms with Crippen molar-refractivity contribution in [3.05, 3.63) is 35.9 Å². The lowest BCUT2D eigenvalue weighted by atomic mass is 10.2.